The van der Waals surface area contributed by atoms with E-state index in [-0.39, 0.29) is 17.0 Å². The van der Waals surface area contributed by atoms with Crippen LogP contribution in [0.4, 0.5) is 24.5 Å². The van der Waals surface area contributed by atoms with Crippen LogP contribution in [0.2, 0.25) is 5.02 Å². The smallest absolute Gasteiger partial charge is 0.417 e. The van der Waals surface area contributed by atoms with Gasteiger partial charge in [-0.3, -0.25) is 9.78 Å². The number of nitrogens with one attached hydrogen (secondary N) is 1. The first-order valence-corrected chi connectivity index (χ1v) is 8.69. The van der Waals surface area contributed by atoms with Gasteiger partial charge in [-0.15, -0.1) is 0 Å². The Morgan fingerprint density at radius 1 is 1.14 bits per heavy atom. The molecule has 3 aromatic rings. The molecule has 0 fully saturated rings. The molecule has 0 saturated heterocycles. The number of benzene rings is 2. The number of aryl methyl sites for hydroxylation is 1. The lowest BCUT2D eigenvalue weighted by Crippen LogP contribution is -2.11. The van der Waals surface area contributed by atoms with Crippen molar-refractivity contribution in [3.63, 3.8) is 0 Å². The predicted octanol–water partition coefficient (Wildman–Crippen LogP) is 5.70. The van der Waals surface area contributed by atoms with Crippen molar-refractivity contribution in [2.45, 2.75) is 13.1 Å². The van der Waals surface area contributed by atoms with E-state index in [0.717, 1.165) is 12.1 Å². The number of alkyl halides is 3. The van der Waals surface area contributed by atoms with Gasteiger partial charge in [0.25, 0.3) is 0 Å². The van der Waals surface area contributed by atoms with Crippen LogP contribution in [0.15, 0.2) is 54.7 Å². The van der Waals surface area contributed by atoms with E-state index in [1.54, 1.807) is 25.3 Å². The Balaban J connectivity index is 2.00. The van der Waals surface area contributed by atoms with Gasteiger partial charge in [-0.25, -0.2) is 0 Å². The van der Waals surface area contributed by atoms with Gasteiger partial charge in [0.2, 0.25) is 5.91 Å². The lowest BCUT2D eigenvalue weighted by atomic mass is 10.1. The molecule has 1 aromatic heterocycles. The van der Waals surface area contributed by atoms with Crippen molar-refractivity contribution in [3.05, 3.63) is 76.6 Å². The minimum Gasteiger partial charge on any atom is -0.455 e. The fraction of sp³-hybridized carbons (Fsp3) is 0.100. The van der Waals surface area contributed by atoms with Crippen LogP contribution in [-0.2, 0) is 6.18 Å². The molecule has 0 unspecified atom stereocenters. The average Bonchev–Trinajstić information content (AvgIpc) is 2.63. The molecule has 0 aliphatic heterocycles. The third-order valence-corrected chi connectivity index (χ3v) is 4.24. The zero-order chi connectivity index (χ0) is 21.2. The van der Waals surface area contributed by atoms with Crippen molar-refractivity contribution >= 4 is 28.9 Å². The lowest BCUT2D eigenvalue weighted by Gasteiger charge is -2.16. The predicted molar refractivity (Wildman–Crippen MR) is 104 cm³/mol. The van der Waals surface area contributed by atoms with Gasteiger partial charge in [-0.2, -0.15) is 13.2 Å². The van der Waals surface area contributed by atoms with Crippen LogP contribution >= 0.6 is 11.6 Å². The number of anilines is 2. The fourth-order valence-corrected chi connectivity index (χ4v) is 2.77. The molecule has 9 heteroatoms. The molecule has 0 aliphatic carbocycles. The molecule has 1 heterocycles. The number of ether oxygens (including phenoxy) is 1. The first-order chi connectivity index (χ1) is 13.6. The summed E-state index contributed by atoms with van der Waals surface area (Å²) >= 11 is 5.66. The lowest BCUT2D eigenvalue weighted by molar-refractivity contribution is -0.137. The topological polar surface area (TPSA) is 77.2 Å². The molecule has 0 saturated carbocycles. The number of halogens is 4. The van der Waals surface area contributed by atoms with Crippen molar-refractivity contribution in [1.29, 1.82) is 0 Å². The van der Waals surface area contributed by atoms with Crippen LogP contribution in [0.1, 0.15) is 21.6 Å². The molecule has 2 aromatic carbocycles. The maximum absolute atomic E-state index is 13.1. The summed E-state index contributed by atoms with van der Waals surface area (Å²) in [5.41, 5.74) is 5.72. The largest absolute Gasteiger partial charge is 0.455 e. The number of primary amides is 1. The van der Waals surface area contributed by atoms with E-state index in [1.807, 2.05) is 0 Å². The molecule has 0 aliphatic rings. The summed E-state index contributed by atoms with van der Waals surface area (Å²) in [7, 11) is 0. The summed E-state index contributed by atoms with van der Waals surface area (Å²) in [6.45, 7) is 1.78. The first kappa shape index (κ1) is 20.5. The zero-order valence-corrected chi connectivity index (χ0v) is 15.8. The Labute approximate surface area is 169 Å². The van der Waals surface area contributed by atoms with Crippen LogP contribution in [-0.4, -0.2) is 10.9 Å². The minimum absolute atomic E-state index is 0.143. The maximum atomic E-state index is 13.1. The Hall–Kier alpha value is -3.26. The van der Waals surface area contributed by atoms with E-state index in [2.05, 4.69) is 10.3 Å². The van der Waals surface area contributed by atoms with Crippen LogP contribution < -0.4 is 15.8 Å². The number of hydrogen-bond acceptors (Lipinski definition) is 4. The zero-order valence-electron chi connectivity index (χ0n) is 15.0. The van der Waals surface area contributed by atoms with Crippen molar-refractivity contribution in [2.24, 2.45) is 5.73 Å². The Bertz CT molecular complexity index is 1070. The highest BCUT2D eigenvalue weighted by Gasteiger charge is 2.33. The van der Waals surface area contributed by atoms with Crippen molar-refractivity contribution in [3.8, 4) is 11.5 Å². The molecule has 3 rings (SSSR count). The molecule has 5 nitrogen and oxygen atoms in total. The molecule has 1 amide bonds. The van der Waals surface area contributed by atoms with E-state index in [4.69, 9.17) is 22.1 Å². The summed E-state index contributed by atoms with van der Waals surface area (Å²) in [4.78, 5) is 15.6. The second kappa shape index (κ2) is 8.00. The standard InChI is InChI=1S/C20H15ClF3N3O2/c1-11-8-14(6-7-26-11)29-18-9-12(19(25)28)2-5-17(18)27-13-3-4-16(21)15(10-13)20(22,23)24/h2-10,27H,1H3,(H2,25,28). The van der Waals surface area contributed by atoms with Crippen LogP contribution in [0.5, 0.6) is 11.5 Å². The quantitative estimate of drug-likeness (QED) is 0.554. The molecule has 0 spiro atoms. The number of hydrogen-bond donors (Lipinski definition) is 2. The summed E-state index contributed by atoms with van der Waals surface area (Å²) in [6.07, 6.45) is -3.05. The van der Waals surface area contributed by atoms with Crippen LogP contribution in [0.3, 0.4) is 0 Å². The number of carbonyl (C=O) groups excluding carboxylic acids is 1. The number of rotatable bonds is 5. The average molecular weight is 422 g/mol. The number of pyridine rings is 1. The molecule has 0 atom stereocenters. The number of carbonyl (C=O) groups is 1. The highest BCUT2D eigenvalue weighted by molar-refractivity contribution is 6.31. The van der Waals surface area contributed by atoms with Gasteiger partial charge in [0.15, 0.2) is 5.75 Å². The van der Waals surface area contributed by atoms with E-state index in [9.17, 15) is 18.0 Å². The molecular formula is C20H15ClF3N3O2. The van der Waals surface area contributed by atoms with E-state index >= 15 is 0 Å². The van der Waals surface area contributed by atoms with Gasteiger partial charge in [0.1, 0.15) is 5.75 Å². The molecule has 29 heavy (non-hydrogen) atoms. The van der Waals surface area contributed by atoms with Crippen molar-refractivity contribution in [1.82, 2.24) is 4.98 Å². The Kier molecular flexibility index (Phi) is 5.65. The van der Waals surface area contributed by atoms with Gasteiger partial charge in [0.05, 0.1) is 16.3 Å². The second-order valence-electron chi connectivity index (χ2n) is 6.13. The third kappa shape index (κ3) is 4.97. The first-order valence-electron chi connectivity index (χ1n) is 8.31. The fourth-order valence-electron chi connectivity index (χ4n) is 2.55. The number of nitrogens with two attached hydrogens (primary N) is 1. The Morgan fingerprint density at radius 2 is 1.90 bits per heavy atom. The van der Waals surface area contributed by atoms with Gasteiger partial charge >= 0.3 is 6.18 Å². The SMILES string of the molecule is Cc1cc(Oc2cc(C(N)=O)ccc2Nc2ccc(Cl)c(C(F)(F)F)c2)ccn1. The normalized spacial score (nSPS) is 11.2. The summed E-state index contributed by atoms with van der Waals surface area (Å²) in [6, 6.07) is 11.1. The van der Waals surface area contributed by atoms with E-state index in [1.165, 1.54) is 24.3 Å². The van der Waals surface area contributed by atoms with Gasteiger partial charge in [0, 0.05) is 29.2 Å². The van der Waals surface area contributed by atoms with Crippen molar-refractivity contribution in [2.75, 3.05) is 5.32 Å². The summed E-state index contributed by atoms with van der Waals surface area (Å²) < 4.78 is 45.2. The highest BCUT2D eigenvalue weighted by atomic mass is 35.5. The number of nitrogens with zero attached hydrogens (tertiary/aromatic N) is 1. The van der Waals surface area contributed by atoms with Crippen LogP contribution in [0.25, 0.3) is 0 Å². The molecule has 0 radical (unpaired) electrons. The molecule has 3 N–H and O–H groups in total. The van der Waals surface area contributed by atoms with E-state index in [0.29, 0.717) is 17.1 Å². The number of aromatic nitrogens is 1. The summed E-state index contributed by atoms with van der Waals surface area (Å²) in [5, 5.41) is 2.46. The third-order valence-electron chi connectivity index (χ3n) is 3.91. The van der Waals surface area contributed by atoms with Gasteiger partial charge in [-0.1, -0.05) is 11.6 Å². The minimum atomic E-state index is -4.60. The second-order valence-corrected chi connectivity index (χ2v) is 6.53. The molecule has 0 bridgehead atoms. The highest BCUT2D eigenvalue weighted by Crippen LogP contribution is 2.38. The number of amides is 1. The maximum Gasteiger partial charge on any atom is 0.417 e. The molecule has 150 valence electrons. The van der Waals surface area contributed by atoms with Crippen LogP contribution in [0, 0.1) is 6.92 Å². The van der Waals surface area contributed by atoms with Gasteiger partial charge in [-0.05, 0) is 49.4 Å². The van der Waals surface area contributed by atoms with Gasteiger partial charge < -0.3 is 15.8 Å². The monoisotopic (exact) mass is 421 g/mol. The summed E-state index contributed by atoms with van der Waals surface area (Å²) in [5.74, 6) is -0.0252. The van der Waals surface area contributed by atoms with E-state index < -0.39 is 22.7 Å². The Morgan fingerprint density at radius 3 is 2.55 bits per heavy atom. The molecular weight excluding hydrogens is 407 g/mol. The van der Waals surface area contributed by atoms with Crippen molar-refractivity contribution < 1.29 is 22.7 Å².